The first-order valence-corrected chi connectivity index (χ1v) is 5.44. The summed E-state index contributed by atoms with van der Waals surface area (Å²) < 4.78 is 0. The summed E-state index contributed by atoms with van der Waals surface area (Å²) in [6.45, 7) is 0. The second kappa shape index (κ2) is 2.71. The molecule has 3 heteroatoms. The molecule has 3 rings (SSSR count). The Kier molecular flexibility index (Phi) is 1.62. The highest BCUT2D eigenvalue weighted by Crippen LogP contribution is 2.57. The van der Waals surface area contributed by atoms with Gasteiger partial charge in [-0.2, -0.15) is 0 Å². The van der Waals surface area contributed by atoms with E-state index in [1.54, 1.807) is 0 Å². The molecule has 0 bridgehead atoms. The van der Waals surface area contributed by atoms with Gasteiger partial charge in [-0.25, -0.2) is 5.84 Å². The van der Waals surface area contributed by atoms with Crippen LogP contribution in [0.3, 0.4) is 0 Å². The van der Waals surface area contributed by atoms with E-state index in [-0.39, 0.29) is 0 Å². The molecule has 0 radical (unpaired) electrons. The number of nitrogens with zero attached hydrogens (tertiary/aromatic N) is 1. The predicted molar refractivity (Wildman–Crippen MR) is 52.1 cm³/mol. The Bertz CT molecular complexity index is 235. The van der Waals surface area contributed by atoms with Gasteiger partial charge in [0.25, 0.3) is 0 Å². The van der Waals surface area contributed by atoms with E-state index in [2.05, 4.69) is 10.4 Å². The minimum Gasteiger partial charge on any atom is -0.312 e. The van der Waals surface area contributed by atoms with E-state index in [9.17, 15) is 0 Å². The zero-order valence-electron chi connectivity index (χ0n) is 7.87. The van der Waals surface area contributed by atoms with Crippen molar-refractivity contribution in [3.63, 3.8) is 0 Å². The van der Waals surface area contributed by atoms with Gasteiger partial charge >= 0.3 is 0 Å². The highest BCUT2D eigenvalue weighted by atomic mass is 15.3. The van der Waals surface area contributed by atoms with Gasteiger partial charge in [-0.3, -0.25) is 4.99 Å². The van der Waals surface area contributed by atoms with Crippen molar-refractivity contribution in [1.29, 1.82) is 0 Å². The lowest BCUT2D eigenvalue weighted by Gasteiger charge is -2.06. The Labute approximate surface area is 78.8 Å². The van der Waals surface area contributed by atoms with E-state index in [4.69, 9.17) is 5.84 Å². The summed E-state index contributed by atoms with van der Waals surface area (Å²) in [5.74, 6) is 9.18. The van der Waals surface area contributed by atoms with Crippen LogP contribution in [0.25, 0.3) is 0 Å². The molecule has 2 atom stereocenters. The fourth-order valence-electron chi connectivity index (χ4n) is 2.85. The van der Waals surface area contributed by atoms with Crippen LogP contribution in [0.4, 0.5) is 0 Å². The second-order valence-corrected chi connectivity index (χ2v) is 4.67. The summed E-state index contributed by atoms with van der Waals surface area (Å²) in [6, 6.07) is 0.604. The van der Waals surface area contributed by atoms with Crippen LogP contribution in [0.5, 0.6) is 0 Å². The summed E-state index contributed by atoms with van der Waals surface area (Å²) in [5, 5.41) is 0. The smallest absolute Gasteiger partial charge is 0.114 e. The van der Waals surface area contributed by atoms with Gasteiger partial charge in [0.2, 0.25) is 0 Å². The van der Waals surface area contributed by atoms with Gasteiger partial charge < -0.3 is 5.43 Å². The third-order valence-corrected chi connectivity index (χ3v) is 3.74. The largest absolute Gasteiger partial charge is 0.312 e. The molecule has 0 aromatic carbocycles. The quantitative estimate of drug-likeness (QED) is 0.288. The zero-order chi connectivity index (χ0) is 8.84. The second-order valence-electron chi connectivity index (χ2n) is 4.67. The molecular weight excluding hydrogens is 162 g/mol. The zero-order valence-corrected chi connectivity index (χ0v) is 7.87. The topological polar surface area (TPSA) is 50.4 Å². The normalized spacial score (nSPS) is 43.2. The van der Waals surface area contributed by atoms with Crippen LogP contribution < -0.4 is 11.3 Å². The fraction of sp³-hybridized carbons (Fsp3) is 0.900. The molecule has 3 saturated carbocycles. The summed E-state index contributed by atoms with van der Waals surface area (Å²) in [4.78, 5) is 4.63. The Hall–Kier alpha value is -0.570. The summed E-state index contributed by atoms with van der Waals surface area (Å²) in [6.07, 6.45) is 6.77. The first kappa shape index (κ1) is 7.80. The minimum absolute atomic E-state index is 0.604. The maximum Gasteiger partial charge on any atom is 0.114 e. The Morgan fingerprint density at radius 1 is 1.15 bits per heavy atom. The molecule has 3 nitrogen and oxygen atoms in total. The summed E-state index contributed by atoms with van der Waals surface area (Å²) in [5.41, 5.74) is 2.81. The molecule has 72 valence electrons. The van der Waals surface area contributed by atoms with Crippen molar-refractivity contribution in [1.82, 2.24) is 5.43 Å². The van der Waals surface area contributed by atoms with Gasteiger partial charge in [0, 0.05) is 5.92 Å². The van der Waals surface area contributed by atoms with E-state index in [0.29, 0.717) is 12.0 Å². The Balaban J connectivity index is 1.69. The Morgan fingerprint density at radius 3 is 2.38 bits per heavy atom. The molecule has 0 aliphatic heterocycles. The van der Waals surface area contributed by atoms with Crippen molar-refractivity contribution in [3.8, 4) is 0 Å². The molecule has 2 unspecified atom stereocenters. The first-order chi connectivity index (χ1) is 6.40. The van der Waals surface area contributed by atoms with Crippen molar-refractivity contribution in [2.45, 2.75) is 38.1 Å². The van der Waals surface area contributed by atoms with Gasteiger partial charge in [0.1, 0.15) is 5.84 Å². The van der Waals surface area contributed by atoms with Crippen LogP contribution in [-0.4, -0.2) is 11.9 Å². The monoisotopic (exact) mass is 179 g/mol. The molecular formula is C10H17N3. The standard InChI is InChI=1S/C10H17N3/c11-13-10(12-6-4-5-6)9-7-2-1-3-8(7)9/h6-9H,1-5,11H2,(H,12,13). The average molecular weight is 179 g/mol. The van der Waals surface area contributed by atoms with Crippen LogP contribution in [0, 0.1) is 17.8 Å². The molecule has 0 heterocycles. The molecule has 3 aliphatic rings. The number of hydrogen-bond donors (Lipinski definition) is 2. The maximum absolute atomic E-state index is 5.51. The van der Waals surface area contributed by atoms with E-state index in [1.165, 1.54) is 32.1 Å². The lowest BCUT2D eigenvalue weighted by molar-refractivity contribution is 0.667. The van der Waals surface area contributed by atoms with Crippen molar-refractivity contribution in [2.75, 3.05) is 0 Å². The number of nitrogens with one attached hydrogen (secondary N) is 1. The number of hydrazine groups is 1. The number of nitrogens with two attached hydrogens (primary N) is 1. The molecule has 3 aliphatic carbocycles. The minimum atomic E-state index is 0.604. The van der Waals surface area contributed by atoms with E-state index in [1.807, 2.05) is 0 Å². The third-order valence-electron chi connectivity index (χ3n) is 3.74. The predicted octanol–water partition coefficient (Wildman–Crippen LogP) is 1.06. The van der Waals surface area contributed by atoms with E-state index in [0.717, 1.165) is 17.7 Å². The molecule has 0 aromatic heterocycles. The van der Waals surface area contributed by atoms with Crippen molar-refractivity contribution < 1.29 is 0 Å². The summed E-state index contributed by atoms with van der Waals surface area (Å²) in [7, 11) is 0. The SMILES string of the molecule is NNC(=NC1CC1)C1C2CCCC21. The van der Waals surface area contributed by atoms with Crippen LogP contribution in [0.15, 0.2) is 4.99 Å². The highest BCUT2D eigenvalue weighted by molar-refractivity contribution is 5.87. The molecule has 0 aromatic rings. The van der Waals surface area contributed by atoms with Crippen molar-refractivity contribution >= 4 is 5.84 Å². The van der Waals surface area contributed by atoms with Crippen molar-refractivity contribution in [3.05, 3.63) is 0 Å². The molecule has 0 spiro atoms. The molecule has 3 N–H and O–H groups in total. The third kappa shape index (κ3) is 1.26. The molecule has 3 fully saturated rings. The Morgan fingerprint density at radius 2 is 1.85 bits per heavy atom. The van der Waals surface area contributed by atoms with E-state index >= 15 is 0 Å². The van der Waals surface area contributed by atoms with Gasteiger partial charge in [-0.05, 0) is 37.5 Å². The van der Waals surface area contributed by atoms with Crippen molar-refractivity contribution in [2.24, 2.45) is 28.6 Å². The number of rotatable bonds is 2. The number of aliphatic imine (C=N–C) groups is 1. The van der Waals surface area contributed by atoms with Crippen LogP contribution >= 0.6 is 0 Å². The van der Waals surface area contributed by atoms with Gasteiger partial charge in [-0.15, -0.1) is 0 Å². The van der Waals surface area contributed by atoms with Gasteiger partial charge in [0.15, 0.2) is 0 Å². The van der Waals surface area contributed by atoms with Gasteiger partial charge in [0.05, 0.1) is 6.04 Å². The highest BCUT2D eigenvalue weighted by Gasteiger charge is 2.55. The molecule has 13 heavy (non-hydrogen) atoms. The summed E-state index contributed by atoms with van der Waals surface area (Å²) >= 11 is 0. The maximum atomic E-state index is 5.51. The fourth-order valence-corrected chi connectivity index (χ4v) is 2.85. The lowest BCUT2D eigenvalue weighted by Crippen LogP contribution is -2.33. The first-order valence-electron chi connectivity index (χ1n) is 5.44. The van der Waals surface area contributed by atoms with Crippen LogP contribution in [-0.2, 0) is 0 Å². The number of fused-ring (bicyclic) bond motifs is 1. The van der Waals surface area contributed by atoms with Crippen LogP contribution in [0.1, 0.15) is 32.1 Å². The number of amidine groups is 1. The number of hydrogen-bond acceptors (Lipinski definition) is 2. The lowest BCUT2D eigenvalue weighted by atomic mass is 10.1. The van der Waals surface area contributed by atoms with E-state index < -0.39 is 0 Å². The average Bonchev–Trinajstić information content (AvgIpc) is 3.03. The van der Waals surface area contributed by atoms with Crippen LogP contribution in [0.2, 0.25) is 0 Å². The van der Waals surface area contributed by atoms with Gasteiger partial charge in [-0.1, -0.05) is 6.42 Å². The molecule has 0 amide bonds. The molecule has 0 saturated heterocycles.